The normalized spacial score (nSPS) is 19.3. The van der Waals surface area contributed by atoms with Crippen molar-refractivity contribution in [1.82, 2.24) is 19.9 Å². The van der Waals surface area contributed by atoms with Gasteiger partial charge in [-0.05, 0) is 54.3 Å². The van der Waals surface area contributed by atoms with Crippen molar-refractivity contribution in [3.05, 3.63) is 52.9 Å². The summed E-state index contributed by atoms with van der Waals surface area (Å²) in [4.78, 5) is 19.0. The zero-order chi connectivity index (χ0) is 21.5. The predicted molar refractivity (Wildman–Crippen MR) is 127 cm³/mol. The maximum atomic E-state index is 6.47. The second-order valence-electron chi connectivity index (χ2n) is 8.85. The van der Waals surface area contributed by atoms with Crippen LogP contribution in [0, 0.1) is 5.92 Å². The highest BCUT2D eigenvalue weighted by molar-refractivity contribution is 7.18. The van der Waals surface area contributed by atoms with E-state index in [9.17, 15) is 0 Å². The topological polar surface area (TPSA) is 60.4 Å². The van der Waals surface area contributed by atoms with E-state index in [1.54, 1.807) is 0 Å². The van der Waals surface area contributed by atoms with Crippen LogP contribution < -0.4 is 4.74 Å². The van der Waals surface area contributed by atoms with Crippen molar-refractivity contribution in [3.63, 3.8) is 0 Å². The summed E-state index contributed by atoms with van der Waals surface area (Å²) in [7, 11) is 0. The fourth-order valence-corrected chi connectivity index (χ4v) is 6.09. The zero-order valence-corrected chi connectivity index (χ0v) is 19.0. The van der Waals surface area contributed by atoms with Gasteiger partial charge >= 0.3 is 0 Å². The Morgan fingerprint density at radius 2 is 2.06 bits per heavy atom. The lowest BCUT2D eigenvalue weighted by molar-refractivity contribution is 0.0330. The minimum Gasteiger partial charge on any atom is -0.438 e. The van der Waals surface area contributed by atoms with Gasteiger partial charge in [0, 0.05) is 35.7 Å². The number of benzene rings is 1. The molecule has 4 aromatic rings. The summed E-state index contributed by atoms with van der Waals surface area (Å²) in [6, 6.07) is 8.14. The molecule has 3 aromatic heterocycles. The van der Waals surface area contributed by atoms with E-state index < -0.39 is 0 Å². The third-order valence-corrected chi connectivity index (χ3v) is 7.61. The molecule has 0 unspecified atom stereocenters. The van der Waals surface area contributed by atoms with Gasteiger partial charge in [-0.1, -0.05) is 13.0 Å². The van der Waals surface area contributed by atoms with Crippen molar-refractivity contribution in [1.29, 1.82) is 0 Å². The van der Waals surface area contributed by atoms with Gasteiger partial charge in [0.15, 0.2) is 0 Å². The number of ether oxygens (including phenoxy) is 2. The van der Waals surface area contributed by atoms with Crippen LogP contribution in [-0.2, 0) is 24.1 Å². The predicted octanol–water partition coefficient (Wildman–Crippen LogP) is 4.99. The Kier molecular flexibility index (Phi) is 5.25. The smallest absolute Gasteiger partial charge is 0.231 e. The number of hydrogen-bond acceptors (Lipinski definition) is 7. The summed E-state index contributed by atoms with van der Waals surface area (Å²) in [5.74, 6) is 3.01. The van der Waals surface area contributed by atoms with Gasteiger partial charge in [-0.25, -0.2) is 4.98 Å². The highest BCUT2D eigenvalue weighted by atomic mass is 32.1. The van der Waals surface area contributed by atoms with Crippen LogP contribution in [0.1, 0.15) is 29.6 Å². The summed E-state index contributed by atoms with van der Waals surface area (Å²) in [5, 5.41) is 3.31. The number of aryl methyl sites for hydroxylation is 1. The Bertz CT molecular complexity index is 1280. The molecule has 0 N–H and O–H groups in total. The third kappa shape index (κ3) is 3.85. The molecule has 32 heavy (non-hydrogen) atoms. The molecule has 0 spiro atoms. The second kappa shape index (κ2) is 8.39. The van der Waals surface area contributed by atoms with Gasteiger partial charge in [0.1, 0.15) is 16.4 Å². The first kappa shape index (κ1) is 20.0. The van der Waals surface area contributed by atoms with Crippen LogP contribution in [0.5, 0.6) is 11.6 Å². The Morgan fingerprint density at radius 1 is 1.16 bits per heavy atom. The van der Waals surface area contributed by atoms with Gasteiger partial charge in [-0.15, -0.1) is 11.3 Å². The molecule has 0 saturated carbocycles. The second-order valence-corrected chi connectivity index (χ2v) is 9.94. The molecular formula is C25H26N4O2S. The Labute approximate surface area is 191 Å². The molecule has 6 rings (SSSR count). The zero-order valence-electron chi connectivity index (χ0n) is 18.2. The van der Waals surface area contributed by atoms with E-state index in [1.165, 1.54) is 16.9 Å². The van der Waals surface area contributed by atoms with Crippen LogP contribution in [0.4, 0.5) is 0 Å². The molecule has 2 aliphatic rings. The van der Waals surface area contributed by atoms with Gasteiger partial charge < -0.3 is 9.47 Å². The van der Waals surface area contributed by atoms with Gasteiger partial charge in [-0.2, -0.15) is 4.98 Å². The summed E-state index contributed by atoms with van der Waals surface area (Å²) < 4.78 is 12.0. The lowest BCUT2D eigenvalue weighted by atomic mass is 9.89. The molecule has 164 valence electrons. The maximum Gasteiger partial charge on any atom is 0.231 e. The summed E-state index contributed by atoms with van der Waals surface area (Å²) in [5.41, 5.74) is 1.39. The lowest BCUT2D eigenvalue weighted by Crippen LogP contribution is -2.36. The molecule has 1 aliphatic heterocycles. The monoisotopic (exact) mass is 446 g/mol. The molecule has 6 nitrogen and oxygen atoms in total. The van der Waals surface area contributed by atoms with E-state index in [0.717, 1.165) is 78.3 Å². The number of morpholine rings is 1. The van der Waals surface area contributed by atoms with E-state index in [0.29, 0.717) is 11.8 Å². The summed E-state index contributed by atoms with van der Waals surface area (Å²) in [6.45, 7) is 6.41. The number of hydrogen-bond donors (Lipinski definition) is 0. The van der Waals surface area contributed by atoms with E-state index in [2.05, 4.69) is 22.9 Å². The molecule has 7 heteroatoms. The molecule has 1 atom stereocenters. The van der Waals surface area contributed by atoms with Crippen molar-refractivity contribution in [2.45, 2.75) is 32.7 Å². The van der Waals surface area contributed by atoms with E-state index in [-0.39, 0.29) is 0 Å². The molecule has 1 fully saturated rings. The minimum atomic E-state index is 0.688. The van der Waals surface area contributed by atoms with E-state index >= 15 is 0 Å². The fourth-order valence-electron chi connectivity index (χ4n) is 4.69. The number of pyridine rings is 1. The van der Waals surface area contributed by atoms with Crippen LogP contribution in [0.25, 0.3) is 21.0 Å². The molecule has 1 aromatic carbocycles. The van der Waals surface area contributed by atoms with Gasteiger partial charge in [-0.3, -0.25) is 9.88 Å². The van der Waals surface area contributed by atoms with Crippen molar-refractivity contribution >= 4 is 32.3 Å². The van der Waals surface area contributed by atoms with E-state index in [4.69, 9.17) is 19.4 Å². The van der Waals surface area contributed by atoms with Gasteiger partial charge in [0.05, 0.1) is 25.1 Å². The third-order valence-electron chi connectivity index (χ3n) is 6.46. The average molecular weight is 447 g/mol. The van der Waals surface area contributed by atoms with Crippen molar-refractivity contribution < 1.29 is 9.47 Å². The van der Waals surface area contributed by atoms with Crippen LogP contribution in [0.2, 0.25) is 0 Å². The number of rotatable bonds is 4. The van der Waals surface area contributed by atoms with Crippen molar-refractivity contribution in [2.24, 2.45) is 5.92 Å². The van der Waals surface area contributed by atoms with Crippen LogP contribution in [0.15, 0.2) is 36.7 Å². The quantitative estimate of drug-likeness (QED) is 0.440. The number of thiophene rings is 1. The van der Waals surface area contributed by atoms with Crippen molar-refractivity contribution in [3.8, 4) is 11.6 Å². The highest BCUT2D eigenvalue weighted by Crippen LogP contribution is 2.42. The van der Waals surface area contributed by atoms with Crippen LogP contribution in [0.3, 0.4) is 0 Å². The van der Waals surface area contributed by atoms with Crippen LogP contribution in [-0.4, -0.2) is 46.2 Å². The highest BCUT2D eigenvalue weighted by Gasteiger charge is 2.25. The molecule has 0 bridgehead atoms. The molecule has 0 amide bonds. The molecule has 4 heterocycles. The number of nitrogens with zero attached hydrogens (tertiary/aromatic N) is 4. The van der Waals surface area contributed by atoms with E-state index in [1.807, 2.05) is 41.9 Å². The first-order chi connectivity index (χ1) is 15.7. The summed E-state index contributed by atoms with van der Waals surface area (Å²) in [6.07, 6.45) is 7.08. The van der Waals surface area contributed by atoms with Crippen LogP contribution >= 0.6 is 11.3 Å². The molecular weight excluding hydrogens is 420 g/mol. The number of aromatic nitrogens is 3. The van der Waals surface area contributed by atoms with Gasteiger partial charge in [0.25, 0.3) is 0 Å². The Morgan fingerprint density at radius 3 is 2.97 bits per heavy atom. The van der Waals surface area contributed by atoms with Crippen molar-refractivity contribution in [2.75, 3.05) is 26.3 Å². The molecule has 1 saturated heterocycles. The van der Waals surface area contributed by atoms with Gasteiger partial charge in [0.2, 0.25) is 5.88 Å². The maximum absolute atomic E-state index is 6.47. The summed E-state index contributed by atoms with van der Waals surface area (Å²) >= 11 is 1.82. The Balaban J connectivity index is 1.42. The standard InChI is InChI=1S/C25H26N4O2S/c1-16-2-5-20-21(12-16)32-25-23(20)24(27-22(28-25)15-29-8-10-30-11-9-29)31-19-4-3-17-6-7-26-14-18(17)13-19/h3-4,6-7,13-14,16H,2,5,8-12,15H2,1H3/t16-/m0/s1. The largest absolute Gasteiger partial charge is 0.438 e. The number of fused-ring (bicyclic) bond motifs is 4. The fraction of sp³-hybridized carbons (Fsp3) is 0.400. The lowest BCUT2D eigenvalue weighted by Gasteiger charge is -2.25. The minimum absolute atomic E-state index is 0.688. The molecule has 0 radical (unpaired) electrons. The Hall–Kier alpha value is -2.61. The first-order valence-corrected chi connectivity index (χ1v) is 12.2. The SMILES string of the molecule is C[C@H]1CCc2c(sc3nc(CN4CCOCC4)nc(Oc4ccc5ccncc5c4)c23)C1. The first-order valence-electron chi connectivity index (χ1n) is 11.4. The molecule has 1 aliphatic carbocycles. The average Bonchev–Trinajstić information content (AvgIpc) is 3.17.